The van der Waals surface area contributed by atoms with Gasteiger partial charge in [0.1, 0.15) is 0 Å². The zero-order valence-electron chi connectivity index (χ0n) is 12.7. The van der Waals surface area contributed by atoms with Crippen molar-refractivity contribution in [3.05, 3.63) is 29.8 Å². The Morgan fingerprint density at radius 1 is 1.39 bits per heavy atom. The van der Waals surface area contributed by atoms with Gasteiger partial charge in [0.05, 0.1) is 11.0 Å². The molecule has 23 heavy (non-hydrogen) atoms. The van der Waals surface area contributed by atoms with Crippen LogP contribution in [0.2, 0.25) is 0 Å². The summed E-state index contributed by atoms with van der Waals surface area (Å²) in [4.78, 5) is 12.1. The number of ether oxygens (including phenoxy) is 1. The number of sulfone groups is 1. The Morgan fingerprint density at radius 2 is 2.17 bits per heavy atom. The quantitative estimate of drug-likeness (QED) is 0.529. The summed E-state index contributed by atoms with van der Waals surface area (Å²) in [6, 6.07) is 5.79. The first-order valence-electron chi connectivity index (χ1n) is 7.12. The van der Waals surface area contributed by atoms with Gasteiger partial charge in [0, 0.05) is 25.0 Å². The number of nitrogens with one attached hydrogen (secondary N) is 3. The third-order valence-corrected chi connectivity index (χ3v) is 4.68. The molecule has 3 N–H and O–H groups in total. The molecule has 1 heterocycles. The van der Waals surface area contributed by atoms with Gasteiger partial charge in [-0.05, 0) is 43.3 Å². The normalized spacial score (nSPS) is 17.5. The van der Waals surface area contributed by atoms with E-state index in [0.717, 1.165) is 25.7 Å². The van der Waals surface area contributed by atoms with Gasteiger partial charge in [-0.1, -0.05) is 6.07 Å². The Balaban J connectivity index is 1.83. The molecule has 0 unspecified atom stereocenters. The van der Waals surface area contributed by atoms with Crippen molar-refractivity contribution in [2.24, 2.45) is 0 Å². The standard InChI is InChI=1S/C14H19N3O4S2/c1-23(19,20)12-6-2-4-10(8-12)13(18)16-17-14(22)15-9-11-5-3-7-21-11/h2,4,6,8,11H,3,5,7,9H2,1H3,(H,16,18)(H2,15,17,22)/t11-/m1/s1. The zero-order chi connectivity index (χ0) is 16.9. The number of benzene rings is 1. The molecule has 0 spiro atoms. The van der Waals surface area contributed by atoms with Crippen molar-refractivity contribution in [2.75, 3.05) is 19.4 Å². The third-order valence-electron chi connectivity index (χ3n) is 3.33. The third kappa shape index (κ3) is 5.45. The maximum atomic E-state index is 12.0. The van der Waals surface area contributed by atoms with Gasteiger partial charge >= 0.3 is 0 Å². The van der Waals surface area contributed by atoms with Crippen molar-refractivity contribution >= 4 is 33.1 Å². The highest BCUT2D eigenvalue weighted by Gasteiger charge is 2.15. The van der Waals surface area contributed by atoms with E-state index in [0.29, 0.717) is 6.54 Å². The molecule has 1 aromatic rings. The highest BCUT2D eigenvalue weighted by Crippen LogP contribution is 2.11. The highest BCUT2D eigenvalue weighted by molar-refractivity contribution is 7.90. The molecule has 1 aromatic carbocycles. The van der Waals surface area contributed by atoms with E-state index in [9.17, 15) is 13.2 Å². The van der Waals surface area contributed by atoms with E-state index < -0.39 is 15.7 Å². The predicted octanol–water partition coefficient (Wildman–Crippen LogP) is 0.378. The van der Waals surface area contributed by atoms with Gasteiger partial charge in [-0.2, -0.15) is 0 Å². The fourth-order valence-corrected chi connectivity index (χ4v) is 2.91. The molecule has 1 atom stereocenters. The first-order chi connectivity index (χ1) is 10.9. The lowest BCUT2D eigenvalue weighted by molar-refractivity contribution is 0.0943. The molecule has 9 heteroatoms. The summed E-state index contributed by atoms with van der Waals surface area (Å²) in [5.74, 6) is -0.475. The minimum Gasteiger partial charge on any atom is -0.376 e. The summed E-state index contributed by atoms with van der Waals surface area (Å²) < 4.78 is 28.4. The van der Waals surface area contributed by atoms with Crippen LogP contribution in [0.4, 0.5) is 0 Å². The molecule has 126 valence electrons. The highest BCUT2D eigenvalue weighted by atomic mass is 32.2. The molecular formula is C14H19N3O4S2. The molecule has 0 aromatic heterocycles. The number of thiocarbonyl (C=S) groups is 1. The van der Waals surface area contributed by atoms with Gasteiger partial charge in [-0.3, -0.25) is 15.6 Å². The van der Waals surface area contributed by atoms with Crippen LogP contribution in [0.25, 0.3) is 0 Å². The van der Waals surface area contributed by atoms with E-state index in [1.807, 2.05) is 0 Å². The molecule has 2 rings (SSSR count). The molecule has 0 saturated carbocycles. The fourth-order valence-electron chi connectivity index (χ4n) is 2.11. The maximum absolute atomic E-state index is 12.0. The topological polar surface area (TPSA) is 96.5 Å². The van der Waals surface area contributed by atoms with E-state index in [2.05, 4.69) is 16.2 Å². The molecule has 0 bridgehead atoms. The summed E-state index contributed by atoms with van der Waals surface area (Å²) >= 11 is 5.05. The molecule has 1 saturated heterocycles. The minimum absolute atomic E-state index is 0.0873. The van der Waals surface area contributed by atoms with Crippen LogP contribution in [0, 0.1) is 0 Å². The SMILES string of the molecule is CS(=O)(=O)c1cccc(C(=O)NNC(=S)NC[C@H]2CCCO2)c1. The van der Waals surface area contributed by atoms with E-state index in [1.54, 1.807) is 0 Å². The number of hydrazine groups is 1. The summed E-state index contributed by atoms with van der Waals surface area (Å²) in [6.45, 7) is 1.34. The van der Waals surface area contributed by atoms with Crippen LogP contribution in [0.15, 0.2) is 29.2 Å². The van der Waals surface area contributed by atoms with E-state index >= 15 is 0 Å². The zero-order valence-corrected chi connectivity index (χ0v) is 14.3. The van der Waals surface area contributed by atoms with Crippen LogP contribution in [0.5, 0.6) is 0 Å². The summed E-state index contributed by atoms with van der Waals surface area (Å²) in [5.41, 5.74) is 5.23. The number of hydrogen-bond acceptors (Lipinski definition) is 5. The monoisotopic (exact) mass is 357 g/mol. The van der Waals surface area contributed by atoms with Gasteiger partial charge in [0.2, 0.25) is 0 Å². The van der Waals surface area contributed by atoms with Crippen molar-refractivity contribution in [2.45, 2.75) is 23.8 Å². The van der Waals surface area contributed by atoms with Crippen LogP contribution < -0.4 is 16.2 Å². The number of carbonyl (C=O) groups excluding carboxylic acids is 1. The Morgan fingerprint density at radius 3 is 2.83 bits per heavy atom. The summed E-state index contributed by atoms with van der Waals surface area (Å²) in [5, 5.41) is 3.22. The van der Waals surface area contributed by atoms with Crippen molar-refractivity contribution in [1.82, 2.24) is 16.2 Å². The molecule has 1 amide bonds. The fraction of sp³-hybridized carbons (Fsp3) is 0.429. The summed E-state index contributed by atoms with van der Waals surface area (Å²) in [6.07, 6.45) is 3.25. The molecule has 1 aliphatic heterocycles. The van der Waals surface area contributed by atoms with Gasteiger partial charge in [0.25, 0.3) is 5.91 Å². The van der Waals surface area contributed by atoms with Gasteiger partial charge in [-0.15, -0.1) is 0 Å². The lowest BCUT2D eigenvalue weighted by Crippen LogP contribution is -2.48. The van der Waals surface area contributed by atoms with Gasteiger partial charge < -0.3 is 10.1 Å². The second-order valence-corrected chi connectivity index (χ2v) is 7.65. The van der Waals surface area contributed by atoms with Crippen molar-refractivity contribution in [1.29, 1.82) is 0 Å². The van der Waals surface area contributed by atoms with Crippen molar-refractivity contribution < 1.29 is 17.9 Å². The maximum Gasteiger partial charge on any atom is 0.269 e. The first-order valence-corrected chi connectivity index (χ1v) is 9.42. The smallest absolute Gasteiger partial charge is 0.269 e. The average Bonchev–Trinajstić information content (AvgIpc) is 3.03. The van der Waals surface area contributed by atoms with Crippen LogP contribution in [0.1, 0.15) is 23.2 Å². The van der Waals surface area contributed by atoms with Gasteiger partial charge in [0.15, 0.2) is 14.9 Å². The lowest BCUT2D eigenvalue weighted by Gasteiger charge is -2.14. The Hall–Kier alpha value is -1.71. The number of carbonyl (C=O) groups is 1. The van der Waals surface area contributed by atoms with E-state index in [4.69, 9.17) is 17.0 Å². The lowest BCUT2D eigenvalue weighted by atomic mass is 10.2. The molecule has 1 fully saturated rings. The molecule has 0 radical (unpaired) electrons. The van der Waals surface area contributed by atoms with Crippen LogP contribution in [-0.4, -0.2) is 44.9 Å². The van der Waals surface area contributed by atoms with Crippen molar-refractivity contribution in [3.8, 4) is 0 Å². The minimum atomic E-state index is -3.36. The Kier molecular flexibility index (Phi) is 5.91. The first kappa shape index (κ1) is 17.6. The second-order valence-electron chi connectivity index (χ2n) is 5.22. The summed E-state index contributed by atoms with van der Waals surface area (Å²) in [7, 11) is -3.36. The van der Waals surface area contributed by atoms with E-state index in [1.165, 1.54) is 24.3 Å². The Labute approximate surface area is 140 Å². The van der Waals surface area contributed by atoms with Crippen molar-refractivity contribution in [3.63, 3.8) is 0 Å². The second kappa shape index (κ2) is 7.71. The molecular weight excluding hydrogens is 338 g/mol. The molecule has 7 nitrogen and oxygen atoms in total. The number of rotatable bonds is 4. The molecule has 1 aliphatic rings. The predicted molar refractivity (Wildman–Crippen MR) is 89.7 cm³/mol. The Bertz CT molecular complexity index is 685. The van der Waals surface area contributed by atoms with Gasteiger partial charge in [-0.25, -0.2) is 8.42 Å². The molecule has 0 aliphatic carbocycles. The van der Waals surface area contributed by atoms with Crippen LogP contribution >= 0.6 is 12.2 Å². The number of amides is 1. The van der Waals surface area contributed by atoms with E-state index in [-0.39, 0.29) is 21.7 Å². The number of hydrogen-bond donors (Lipinski definition) is 3. The van der Waals surface area contributed by atoms with Crippen LogP contribution in [-0.2, 0) is 14.6 Å². The van der Waals surface area contributed by atoms with Crippen LogP contribution in [0.3, 0.4) is 0 Å². The average molecular weight is 357 g/mol. The largest absolute Gasteiger partial charge is 0.376 e.